The minimum atomic E-state index is -0.268. The SMILES string of the molecule is CC.Fc1ccc(C2=NC(c3ncccn3)C(CC3CCN(CCc4ccccc4)CC3)O2)cc1. The monoisotopic (exact) mass is 474 g/mol. The van der Waals surface area contributed by atoms with Crippen molar-refractivity contribution < 1.29 is 9.13 Å². The molecule has 5 rings (SSSR count). The van der Waals surface area contributed by atoms with Crippen molar-refractivity contribution in [1.82, 2.24) is 14.9 Å². The Kier molecular flexibility index (Phi) is 8.96. The van der Waals surface area contributed by atoms with E-state index in [0.29, 0.717) is 17.6 Å². The van der Waals surface area contributed by atoms with Crippen LogP contribution in [0, 0.1) is 11.7 Å². The number of aromatic nitrogens is 2. The summed E-state index contributed by atoms with van der Waals surface area (Å²) in [5.41, 5.74) is 2.19. The molecule has 3 heterocycles. The first-order valence-electron chi connectivity index (χ1n) is 12.8. The van der Waals surface area contributed by atoms with Crippen molar-refractivity contribution in [2.45, 2.75) is 51.7 Å². The van der Waals surface area contributed by atoms with Gasteiger partial charge in [-0.2, -0.15) is 0 Å². The Labute approximate surface area is 208 Å². The first-order chi connectivity index (χ1) is 17.2. The number of rotatable bonds is 7. The lowest BCUT2D eigenvalue weighted by Crippen LogP contribution is -2.36. The van der Waals surface area contributed by atoms with Gasteiger partial charge < -0.3 is 9.64 Å². The standard InChI is InChI=1S/C27H29FN4O.C2H6/c28-23-9-7-22(8-10-23)27-31-25(26-29-14-4-15-30-26)24(33-27)19-21-12-17-32(18-13-21)16-11-20-5-2-1-3-6-20;1-2/h1-10,14-15,21,24-25H,11-13,16-19H2;1-2H3. The molecule has 2 atom stereocenters. The summed E-state index contributed by atoms with van der Waals surface area (Å²) in [6.07, 6.45) is 7.72. The van der Waals surface area contributed by atoms with Crippen LogP contribution in [0.2, 0.25) is 0 Å². The molecule has 2 aromatic carbocycles. The molecule has 0 N–H and O–H groups in total. The third-order valence-electron chi connectivity index (χ3n) is 6.65. The minimum Gasteiger partial charge on any atom is -0.471 e. The third kappa shape index (κ3) is 6.73. The largest absolute Gasteiger partial charge is 0.471 e. The predicted octanol–water partition coefficient (Wildman–Crippen LogP) is 5.87. The molecule has 0 amide bonds. The van der Waals surface area contributed by atoms with Gasteiger partial charge in [-0.15, -0.1) is 0 Å². The summed E-state index contributed by atoms with van der Waals surface area (Å²) < 4.78 is 19.7. The highest BCUT2D eigenvalue weighted by atomic mass is 19.1. The van der Waals surface area contributed by atoms with Gasteiger partial charge in [-0.1, -0.05) is 44.2 Å². The molecule has 184 valence electrons. The summed E-state index contributed by atoms with van der Waals surface area (Å²) in [5.74, 6) is 1.55. The van der Waals surface area contributed by atoms with Crippen LogP contribution in [0.15, 0.2) is 78.0 Å². The van der Waals surface area contributed by atoms with Gasteiger partial charge in [0.2, 0.25) is 5.90 Å². The van der Waals surface area contributed by atoms with Gasteiger partial charge in [0.05, 0.1) is 0 Å². The number of ether oxygens (including phenoxy) is 1. The van der Waals surface area contributed by atoms with Crippen LogP contribution in [0.3, 0.4) is 0 Å². The minimum absolute atomic E-state index is 0.103. The van der Waals surface area contributed by atoms with Crippen molar-refractivity contribution in [1.29, 1.82) is 0 Å². The van der Waals surface area contributed by atoms with Gasteiger partial charge in [-0.3, -0.25) is 0 Å². The van der Waals surface area contributed by atoms with Crippen molar-refractivity contribution in [3.8, 4) is 0 Å². The van der Waals surface area contributed by atoms with Crippen molar-refractivity contribution in [3.63, 3.8) is 0 Å². The number of nitrogens with zero attached hydrogens (tertiary/aromatic N) is 4. The Morgan fingerprint density at radius 2 is 1.60 bits per heavy atom. The first kappa shape index (κ1) is 25.0. The maximum absolute atomic E-state index is 13.4. The molecule has 1 fully saturated rings. The predicted molar refractivity (Wildman–Crippen MR) is 138 cm³/mol. The van der Waals surface area contributed by atoms with E-state index in [4.69, 9.17) is 9.73 Å². The molecule has 1 aromatic heterocycles. The van der Waals surface area contributed by atoms with Crippen molar-refractivity contribution in [2.75, 3.05) is 19.6 Å². The number of aliphatic imine (C=N–C) groups is 1. The molecule has 0 spiro atoms. The van der Waals surface area contributed by atoms with Crippen molar-refractivity contribution in [3.05, 3.63) is 95.8 Å². The van der Waals surface area contributed by atoms with E-state index >= 15 is 0 Å². The Balaban J connectivity index is 0.00000141. The van der Waals surface area contributed by atoms with Crippen LogP contribution >= 0.6 is 0 Å². The van der Waals surface area contributed by atoms with Crippen LogP contribution in [0.5, 0.6) is 0 Å². The maximum atomic E-state index is 13.4. The Morgan fingerprint density at radius 1 is 0.914 bits per heavy atom. The van der Waals surface area contributed by atoms with E-state index in [1.54, 1.807) is 24.5 Å². The molecule has 2 unspecified atom stereocenters. The van der Waals surface area contributed by atoms with Gasteiger partial charge >= 0.3 is 0 Å². The van der Waals surface area contributed by atoms with Crippen molar-refractivity contribution in [2.24, 2.45) is 10.9 Å². The smallest absolute Gasteiger partial charge is 0.217 e. The molecule has 6 heteroatoms. The molecule has 5 nitrogen and oxygen atoms in total. The maximum Gasteiger partial charge on any atom is 0.217 e. The fraction of sp³-hybridized carbons (Fsp3) is 0.414. The summed E-state index contributed by atoms with van der Waals surface area (Å²) in [7, 11) is 0. The quantitative estimate of drug-likeness (QED) is 0.430. The van der Waals surface area contributed by atoms with Crippen LogP contribution < -0.4 is 0 Å². The van der Waals surface area contributed by atoms with Crippen LogP contribution in [0.4, 0.5) is 4.39 Å². The highest BCUT2D eigenvalue weighted by Gasteiger charge is 2.37. The topological polar surface area (TPSA) is 50.6 Å². The highest BCUT2D eigenvalue weighted by Crippen LogP contribution is 2.35. The summed E-state index contributed by atoms with van der Waals surface area (Å²) in [4.78, 5) is 16.3. The number of hydrogen-bond donors (Lipinski definition) is 0. The number of halogens is 1. The zero-order chi connectivity index (χ0) is 24.5. The fourth-order valence-corrected chi connectivity index (χ4v) is 4.75. The molecular formula is C29H35FN4O. The van der Waals surface area contributed by atoms with Gasteiger partial charge in [-0.05, 0) is 80.6 Å². The molecule has 3 aromatic rings. The lowest BCUT2D eigenvalue weighted by atomic mass is 9.89. The Bertz CT molecular complexity index is 1050. The summed E-state index contributed by atoms with van der Waals surface area (Å²) in [5, 5.41) is 0. The molecule has 0 bridgehead atoms. The lowest BCUT2D eigenvalue weighted by molar-refractivity contribution is 0.116. The number of piperidine rings is 1. The van der Waals surface area contributed by atoms with E-state index in [1.165, 1.54) is 17.7 Å². The third-order valence-corrected chi connectivity index (χ3v) is 6.65. The number of likely N-dealkylation sites (tertiary alicyclic amines) is 1. The van der Waals surface area contributed by atoms with E-state index in [9.17, 15) is 4.39 Å². The van der Waals surface area contributed by atoms with Gasteiger partial charge in [0, 0.05) is 24.5 Å². The number of hydrogen-bond acceptors (Lipinski definition) is 5. The zero-order valence-corrected chi connectivity index (χ0v) is 20.7. The van der Waals surface area contributed by atoms with E-state index in [1.807, 2.05) is 19.9 Å². The molecule has 0 aliphatic carbocycles. The van der Waals surface area contributed by atoms with Crippen LogP contribution in [-0.4, -0.2) is 46.5 Å². The van der Waals surface area contributed by atoms with E-state index < -0.39 is 0 Å². The zero-order valence-electron chi connectivity index (χ0n) is 20.7. The first-order valence-corrected chi connectivity index (χ1v) is 12.8. The van der Waals surface area contributed by atoms with Gasteiger partial charge in [0.25, 0.3) is 0 Å². The van der Waals surface area contributed by atoms with Crippen molar-refractivity contribution >= 4 is 5.90 Å². The van der Waals surface area contributed by atoms with Gasteiger partial charge in [0.1, 0.15) is 11.9 Å². The second-order valence-electron chi connectivity index (χ2n) is 8.91. The summed E-state index contributed by atoms with van der Waals surface area (Å²) in [6, 6.07) is 18.6. The fourth-order valence-electron chi connectivity index (χ4n) is 4.75. The molecule has 0 radical (unpaired) electrons. The molecule has 1 saturated heterocycles. The summed E-state index contributed by atoms with van der Waals surface area (Å²) in [6.45, 7) is 7.33. The van der Waals surface area contributed by atoms with Crippen LogP contribution in [-0.2, 0) is 11.2 Å². The summed E-state index contributed by atoms with van der Waals surface area (Å²) >= 11 is 0. The highest BCUT2D eigenvalue weighted by molar-refractivity contribution is 5.95. The van der Waals surface area contributed by atoms with E-state index in [2.05, 4.69) is 45.2 Å². The molecule has 2 aliphatic rings. The van der Waals surface area contributed by atoms with Crippen LogP contribution in [0.25, 0.3) is 0 Å². The average molecular weight is 475 g/mol. The van der Waals surface area contributed by atoms with Gasteiger partial charge in [0.15, 0.2) is 11.9 Å². The Morgan fingerprint density at radius 3 is 2.29 bits per heavy atom. The molecule has 35 heavy (non-hydrogen) atoms. The second-order valence-corrected chi connectivity index (χ2v) is 8.91. The average Bonchev–Trinajstić information content (AvgIpc) is 3.34. The van der Waals surface area contributed by atoms with Gasteiger partial charge in [-0.25, -0.2) is 19.4 Å². The second kappa shape index (κ2) is 12.5. The Hall–Kier alpha value is -3.12. The lowest BCUT2D eigenvalue weighted by Gasteiger charge is -2.33. The normalized spacial score (nSPS) is 20.5. The molecule has 0 saturated carbocycles. The van der Waals surface area contributed by atoms with E-state index in [-0.39, 0.29) is 18.0 Å². The molecular weight excluding hydrogens is 439 g/mol. The van der Waals surface area contributed by atoms with E-state index in [0.717, 1.165) is 50.9 Å². The number of benzene rings is 2. The molecule has 2 aliphatic heterocycles. The van der Waals surface area contributed by atoms with Crippen LogP contribution in [0.1, 0.15) is 56.1 Å².